The van der Waals surface area contributed by atoms with E-state index < -0.39 is 23.9 Å². The van der Waals surface area contributed by atoms with Gasteiger partial charge in [0, 0.05) is 0 Å². The molecule has 0 saturated heterocycles. The van der Waals surface area contributed by atoms with E-state index in [9.17, 15) is 14.9 Å². The first-order valence-corrected chi connectivity index (χ1v) is 10.9. The molecule has 0 saturated carbocycles. The fourth-order valence-corrected chi connectivity index (χ4v) is 6.94. The van der Waals surface area contributed by atoms with Gasteiger partial charge in [0.1, 0.15) is 0 Å². The van der Waals surface area contributed by atoms with Crippen LogP contribution in [0.15, 0.2) is 48.5 Å². The van der Waals surface area contributed by atoms with E-state index in [1.54, 1.807) is 9.18 Å². The van der Waals surface area contributed by atoms with Crippen molar-refractivity contribution in [1.82, 2.24) is 3.11 Å². The van der Waals surface area contributed by atoms with Gasteiger partial charge in [-0.25, -0.2) is 0 Å². The molecule has 108 valence electrons. The summed E-state index contributed by atoms with van der Waals surface area (Å²) in [5.41, 5.74) is 1.29. The molecule has 0 spiro atoms. The Morgan fingerprint density at radius 1 is 1.19 bits per heavy atom. The Morgan fingerprint density at radius 3 is 2.57 bits per heavy atom. The van der Waals surface area contributed by atoms with Crippen molar-refractivity contribution in [1.29, 1.82) is 0 Å². The van der Waals surface area contributed by atoms with Gasteiger partial charge in [-0.15, -0.1) is 0 Å². The first-order valence-electron chi connectivity index (χ1n) is 6.09. The van der Waals surface area contributed by atoms with Gasteiger partial charge < -0.3 is 0 Å². The van der Waals surface area contributed by atoms with Crippen molar-refractivity contribution in [3.63, 3.8) is 0 Å². The maximum atomic E-state index is 12.4. The van der Waals surface area contributed by atoms with E-state index in [-0.39, 0.29) is 11.6 Å². The molecular formula is C14H10ClIN2O3. The molecule has 0 radical (unpaired) electrons. The number of carbonyl (C=O) groups excluding carboxylic acids is 1. The Morgan fingerprint density at radius 2 is 1.90 bits per heavy atom. The van der Waals surface area contributed by atoms with Crippen molar-refractivity contribution in [2.45, 2.75) is 6.54 Å². The van der Waals surface area contributed by atoms with Gasteiger partial charge in [-0.3, -0.25) is 0 Å². The van der Waals surface area contributed by atoms with E-state index in [0.717, 1.165) is 9.13 Å². The number of hydrogen-bond donors (Lipinski definition) is 0. The van der Waals surface area contributed by atoms with Crippen molar-refractivity contribution in [3.05, 3.63) is 73.3 Å². The molecule has 5 nitrogen and oxygen atoms in total. The summed E-state index contributed by atoms with van der Waals surface area (Å²) in [6.07, 6.45) is 0. The van der Waals surface area contributed by atoms with Crippen LogP contribution in [-0.2, 0) is 6.54 Å². The number of non-ortho nitro benzene ring substituents is 1. The minimum absolute atomic E-state index is 0.0791. The molecule has 0 aliphatic carbocycles. The number of benzene rings is 2. The average Bonchev–Trinajstić information content (AvgIpc) is 2.73. The summed E-state index contributed by atoms with van der Waals surface area (Å²) in [6.45, 7) is 0.441. The fraction of sp³-hybridized carbons (Fsp3) is 0.0714. The second-order valence-corrected chi connectivity index (χ2v) is 9.85. The van der Waals surface area contributed by atoms with E-state index in [1.807, 2.05) is 30.3 Å². The molecule has 3 rings (SSSR count). The number of hydrogen-bond acceptors (Lipinski definition) is 3. The second-order valence-electron chi connectivity index (χ2n) is 4.45. The van der Waals surface area contributed by atoms with Crippen LogP contribution >= 0.6 is 27.9 Å². The molecule has 1 heterocycles. The Balaban J connectivity index is 1.93. The SMILES string of the molecule is O=C1c2cc([N+](=O)[O-])ccc2I(Cl)N1Cc1ccccc1. The predicted octanol–water partition coefficient (Wildman–Crippen LogP) is 4.00. The Hall–Kier alpha value is -1.67. The third-order valence-electron chi connectivity index (χ3n) is 3.12. The molecule has 21 heavy (non-hydrogen) atoms. The number of halogens is 2. The zero-order valence-electron chi connectivity index (χ0n) is 10.7. The zero-order valence-corrected chi connectivity index (χ0v) is 13.6. The van der Waals surface area contributed by atoms with Crippen molar-refractivity contribution < 1.29 is 9.72 Å². The molecule has 2 aromatic rings. The molecular weight excluding hydrogens is 407 g/mol. The average molecular weight is 417 g/mol. The molecule has 7 heteroatoms. The third kappa shape index (κ3) is 2.60. The van der Waals surface area contributed by atoms with Gasteiger partial charge in [0.25, 0.3) is 0 Å². The van der Waals surface area contributed by atoms with Crippen LogP contribution in [0.2, 0.25) is 0 Å². The number of fused-ring (bicyclic) bond motifs is 1. The van der Waals surface area contributed by atoms with E-state index in [4.69, 9.17) is 8.91 Å². The normalized spacial score (nSPS) is 15.2. The van der Waals surface area contributed by atoms with Crippen LogP contribution in [-0.4, -0.2) is 13.9 Å². The van der Waals surface area contributed by atoms with Gasteiger partial charge in [0.05, 0.1) is 0 Å². The molecule has 1 aliphatic rings. The van der Waals surface area contributed by atoms with E-state index in [0.29, 0.717) is 12.1 Å². The topological polar surface area (TPSA) is 63.4 Å². The number of nitro benzene ring substituents is 1. The molecule has 0 aromatic heterocycles. The fourth-order valence-electron chi connectivity index (χ4n) is 2.10. The molecule has 0 fully saturated rings. The number of nitro groups is 1. The van der Waals surface area contributed by atoms with Crippen molar-refractivity contribution in [2.75, 3.05) is 0 Å². The van der Waals surface area contributed by atoms with Crippen molar-refractivity contribution in [3.8, 4) is 0 Å². The van der Waals surface area contributed by atoms with Crippen LogP contribution in [0.4, 0.5) is 5.69 Å². The quantitative estimate of drug-likeness (QED) is 0.329. The number of nitrogens with zero attached hydrogens (tertiary/aromatic N) is 2. The summed E-state index contributed by atoms with van der Waals surface area (Å²) < 4.78 is 2.43. The maximum absolute atomic E-state index is 12.4. The van der Waals surface area contributed by atoms with Crippen molar-refractivity contribution in [2.24, 2.45) is 0 Å². The first-order chi connectivity index (χ1) is 10.1. The molecule has 0 atom stereocenters. The summed E-state index contributed by atoms with van der Waals surface area (Å²) in [5, 5.41) is 10.8. The van der Waals surface area contributed by atoms with Crippen LogP contribution in [0.3, 0.4) is 0 Å². The molecule has 0 N–H and O–H groups in total. The molecule has 1 aliphatic heterocycles. The predicted molar refractivity (Wildman–Crippen MR) is 88.0 cm³/mol. The summed E-state index contributed by atoms with van der Waals surface area (Å²) in [6, 6.07) is 13.9. The van der Waals surface area contributed by atoms with Crippen LogP contribution in [0.25, 0.3) is 0 Å². The summed E-state index contributed by atoms with van der Waals surface area (Å²) in [5.74, 6) is -0.210. The number of rotatable bonds is 3. The van der Waals surface area contributed by atoms with Crippen LogP contribution < -0.4 is 0 Å². The Labute approximate surface area is 132 Å². The molecule has 0 bridgehead atoms. The van der Waals surface area contributed by atoms with Crippen LogP contribution in [0.5, 0.6) is 0 Å². The summed E-state index contributed by atoms with van der Waals surface area (Å²) >= 11 is -2.30. The number of carbonyl (C=O) groups is 1. The minimum atomic E-state index is -2.30. The monoisotopic (exact) mass is 416 g/mol. The van der Waals surface area contributed by atoms with Gasteiger partial charge in [-0.2, -0.15) is 0 Å². The third-order valence-corrected chi connectivity index (χ3v) is 8.89. The van der Waals surface area contributed by atoms with Crippen LogP contribution in [0.1, 0.15) is 15.9 Å². The van der Waals surface area contributed by atoms with Gasteiger partial charge in [-0.05, 0) is 0 Å². The van der Waals surface area contributed by atoms with E-state index in [2.05, 4.69) is 0 Å². The van der Waals surface area contributed by atoms with Gasteiger partial charge in [-0.1, -0.05) is 0 Å². The van der Waals surface area contributed by atoms with Crippen LogP contribution in [0, 0.1) is 13.7 Å². The van der Waals surface area contributed by atoms with E-state index >= 15 is 0 Å². The van der Waals surface area contributed by atoms with Gasteiger partial charge in [0.15, 0.2) is 0 Å². The standard InChI is InChI=1S/C14H10ClIN2O3/c15-16-13-7-6-11(18(20)21)8-12(13)14(19)17(16)9-10-4-2-1-3-5-10/h1-8H,9H2. The van der Waals surface area contributed by atoms with Gasteiger partial charge in [0.2, 0.25) is 0 Å². The zero-order chi connectivity index (χ0) is 15.0. The summed E-state index contributed by atoms with van der Waals surface area (Å²) in [7, 11) is 6.48. The second kappa shape index (κ2) is 5.61. The molecule has 2 aromatic carbocycles. The molecule has 1 amide bonds. The first kappa shape index (κ1) is 14.3. The number of amides is 1. The van der Waals surface area contributed by atoms with E-state index in [1.165, 1.54) is 12.1 Å². The van der Waals surface area contributed by atoms with Crippen molar-refractivity contribution >= 4 is 39.5 Å². The Bertz CT molecular complexity index is 723. The molecule has 0 unspecified atom stereocenters. The summed E-state index contributed by atoms with van der Waals surface area (Å²) in [4.78, 5) is 22.8. The Kier molecular flexibility index (Phi) is 3.81. The van der Waals surface area contributed by atoms with Gasteiger partial charge >= 0.3 is 132 Å².